The zero-order valence-corrected chi connectivity index (χ0v) is 15.3. The maximum absolute atomic E-state index is 12.4. The van der Waals surface area contributed by atoms with Gasteiger partial charge in [0, 0.05) is 24.7 Å². The lowest BCUT2D eigenvalue weighted by Crippen LogP contribution is -2.37. The summed E-state index contributed by atoms with van der Waals surface area (Å²) in [5.41, 5.74) is 2.36. The van der Waals surface area contributed by atoms with Crippen LogP contribution in [0, 0.1) is 0 Å². The molecule has 1 amide bonds. The van der Waals surface area contributed by atoms with E-state index in [0.29, 0.717) is 29.7 Å². The highest BCUT2D eigenvalue weighted by Gasteiger charge is 2.18. The topological polar surface area (TPSA) is 50.8 Å². The van der Waals surface area contributed by atoms with Crippen LogP contribution in [-0.2, 0) is 9.53 Å². The Bertz CT molecular complexity index is 801. The van der Waals surface area contributed by atoms with E-state index in [1.54, 1.807) is 13.2 Å². The Morgan fingerprint density at radius 3 is 2.73 bits per heavy atom. The summed E-state index contributed by atoms with van der Waals surface area (Å²) in [6.45, 7) is 2.77. The number of amides is 1. The summed E-state index contributed by atoms with van der Waals surface area (Å²) in [5.74, 6) is 0.487. The molecule has 1 N–H and O–H groups in total. The van der Waals surface area contributed by atoms with Crippen LogP contribution < -0.4 is 15.0 Å². The molecule has 0 radical (unpaired) electrons. The summed E-state index contributed by atoms with van der Waals surface area (Å²) in [7, 11) is 1.60. The lowest BCUT2D eigenvalue weighted by molar-refractivity contribution is -0.111. The van der Waals surface area contributed by atoms with Crippen LogP contribution in [0.15, 0.2) is 48.5 Å². The number of nitrogens with zero attached hydrogens (tertiary/aromatic N) is 1. The second-order valence-corrected chi connectivity index (χ2v) is 6.21. The quantitative estimate of drug-likeness (QED) is 0.810. The maximum atomic E-state index is 12.4. The Hall–Kier alpha value is -2.50. The van der Waals surface area contributed by atoms with Gasteiger partial charge in [-0.25, -0.2) is 0 Å². The molecule has 0 saturated carbocycles. The molecule has 3 rings (SSSR count). The predicted molar refractivity (Wildman–Crippen MR) is 105 cm³/mol. The number of ether oxygens (including phenoxy) is 2. The van der Waals surface area contributed by atoms with Gasteiger partial charge in [0.1, 0.15) is 5.75 Å². The number of carbonyl (C=O) groups excluding carboxylic acids is 1. The first-order chi connectivity index (χ1) is 12.7. The van der Waals surface area contributed by atoms with Crippen molar-refractivity contribution in [2.24, 2.45) is 0 Å². The van der Waals surface area contributed by atoms with Crippen LogP contribution in [0.3, 0.4) is 0 Å². The average molecular weight is 373 g/mol. The Morgan fingerprint density at radius 2 is 1.96 bits per heavy atom. The molecule has 0 bridgehead atoms. The van der Waals surface area contributed by atoms with Gasteiger partial charge < -0.3 is 19.7 Å². The Kier molecular flexibility index (Phi) is 6.15. The molecule has 1 fully saturated rings. The smallest absolute Gasteiger partial charge is 0.248 e. The normalized spacial score (nSPS) is 14.5. The molecule has 0 spiro atoms. The number of rotatable bonds is 5. The van der Waals surface area contributed by atoms with Gasteiger partial charge in [-0.1, -0.05) is 35.9 Å². The van der Waals surface area contributed by atoms with Crippen molar-refractivity contribution >= 4 is 35.0 Å². The largest absolute Gasteiger partial charge is 0.496 e. The number of anilines is 2. The molecule has 1 aliphatic rings. The molecule has 1 heterocycles. The van der Waals surface area contributed by atoms with Crippen LogP contribution in [-0.4, -0.2) is 39.3 Å². The maximum Gasteiger partial charge on any atom is 0.248 e. The predicted octanol–water partition coefficient (Wildman–Crippen LogP) is 3.84. The van der Waals surface area contributed by atoms with Crippen molar-refractivity contribution in [2.75, 3.05) is 43.6 Å². The van der Waals surface area contributed by atoms with Gasteiger partial charge >= 0.3 is 0 Å². The van der Waals surface area contributed by atoms with Crippen molar-refractivity contribution in [2.45, 2.75) is 0 Å². The fraction of sp³-hybridized carbons (Fsp3) is 0.250. The first-order valence-electron chi connectivity index (χ1n) is 8.42. The van der Waals surface area contributed by atoms with Gasteiger partial charge in [-0.15, -0.1) is 0 Å². The number of methoxy groups -OCH3 is 1. The third kappa shape index (κ3) is 4.36. The zero-order valence-electron chi connectivity index (χ0n) is 14.6. The summed E-state index contributed by atoms with van der Waals surface area (Å²) < 4.78 is 10.7. The van der Waals surface area contributed by atoms with Gasteiger partial charge in [0.05, 0.1) is 36.7 Å². The monoisotopic (exact) mass is 372 g/mol. The van der Waals surface area contributed by atoms with E-state index < -0.39 is 0 Å². The number of carbonyl (C=O) groups is 1. The molecule has 0 aromatic heterocycles. The van der Waals surface area contributed by atoms with E-state index >= 15 is 0 Å². The van der Waals surface area contributed by atoms with Gasteiger partial charge in [0.2, 0.25) is 5.91 Å². The molecule has 0 atom stereocenters. The van der Waals surface area contributed by atoms with E-state index in [9.17, 15) is 4.79 Å². The van der Waals surface area contributed by atoms with Crippen LogP contribution in [0.25, 0.3) is 6.08 Å². The molecule has 5 nitrogen and oxygen atoms in total. The fourth-order valence-corrected chi connectivity index (χ4v) is 3.16. The summed E-state index contributed by atoms with van der Waals surface area (Å²) >= 11 is 6.39. The van der Waals surface area contributed by atoms with Gasteiger partial charge in [-0.05, 0) is 24.3 Å². The lowest BCUT2D eigenvalue weighted by atomic mass is 10.2. The summed E-state index contributed by atoms with van der Waals surface area (Å²) in [4.78, 5) is 14.5. The molecule has 1 aliphatic heterocycles. The van der Waals surface area contributed by atoms with E-state index in [0.717, 1.165) is 24.3 Å². The number of hydrogen-bond donors (Lipinski definition) is 1. The van der Waals surface area contributed by atoms with Crippen molar-refractivity contribution in [3.8, 4) is 5.75 Å². The molecular weight excluding hydrogens is 352 g/mol. The third-order valence-electron chi connectivity index (χ3n) is 4.13. The van der Waals surface area contributed by atoms with E-state index in [-0.39, 0.29) is 5.91 Å². The molecule has 1 saturated heterocycles. The minimum Gasteiger partial charge on any atom is -0.496 e. The number of hydrogen-bond acceptors (Lipinski definition) is 4. The summed E-state index contributed by atoms with van der Waals surface area (Å²) in [6.07, 6.45) is 3.22. The van der Waals surface area contributed by atoms with E-state index in [1.165, 1.54) is 6.08 Å². The van der Waals surface area contributed by atoms with E-state index in [1.807, 2.05) is 42.5 Å². The van der Waals surface area contributed by atoms with Crippen molar-refractivity contribution in [3.05, 3.63) is 59.1 Å². The SMILES string of the molecule is COc1ccccc1/C=C/C(=O)Nc1cccc(Cl)c1N1CCOCC1. The standard InChI is InChI=1S/C20H21ClN2O3/c1-25-18-8-3-2-5-15(18)9-10-19(24)22-17-7-4-6-16(21)20(17)23-11-13-26-14-12-23/h2-10H,11-14H2,1H3,(H,22,24)/b10-9+. The van der Waals surface area contributed by atoms with Crippen LogP contribution in [0.5, 0.6) is 5.75 Å². The molecule has 6 heteroatoms. The number of halogens is 1. The molecule has 2 aromatic carbocycles. The van der Waals surface area contributed by atoms with Gasteiger partial charge in [-0.2, -0.15) is 0 Å². The van der Waals surface area contributed by atoms with Crippen LogP contribution >= 0.6 is 11.6 Å². The Balaban J connectivity index is 1.77. The molecule has 26 heavy (non-hydrogen) atoms. The second kappa shape index (κ2) is 8.74. The van der Waals surface area contributed by atoms with Crippen molar-refractivity contribution in [3.63, 3.8) is 0 Å². The van der Waals surface area contributed by atoms with E-state index in [4.69, 9.17) is 21.1 Å². The second-order valence-electron chi connectivity index (χ2n) is 5.80. The number of benzene rings is 2. The van der Waals surface area contributed by atoms with Gasteiger partial charge in [-0.3, -0.25) is 4.79 Å². The van der Waals surface area contributed by atoms with Crippen LogP contribution in [0.4, 0.5) is 11.4 Å². The van der Waals surface area contributed by atoms with Crippen molar-refractivity contribution < 1.29 is 14.3 Å². The van der Waals surface area contributed by atoms with E-state index in [2.05, 4.69) is 10.2 Å². The molecular formula is C20H21ClN2O3. The minimum atomic E-state index is -0.229. The highest BCUT2D eigenvalue weighted by Crippen LogP contribution is 2.34. The molecule has 2 aromatic rings. The average Bonchev–Trinajstić information content (AvgIpc) is 2.67. The number of para-hydroxylation sites is 2. The highest BCUT2D eigenvalue weighted by molar-refractivity contribution is 6.34. The van der Waals surface area contributed by atoms with Gasteiger partial charge in [0.15, 0.2) is 0 Å². The number of morpholine rings is 1. The first-order valence-corrected chi connectivity index (χ1v) is 8.80. The molecule has 0 unspecified atom stereocenters. The zero-order chi connectivity index (χ0) is 18.4. The Morgan fingerprint density at radius 1 is 1.19 bits per heavy atom. The van der Waals surface area contributed by atoms with Gasteiger partial charge in [0.25, 0.3) is 0 Å². The summed E-state index contributed by atoms with van der Waals surface area (Å²) in [5, 5.41) is 3.53. The van der Waals surface area contributed by atoms with Crippen LogP contribution in [0.1, 0.15) is 5.56 Å². The molecule has 0 aliphatic carbocycles. The fourth-order valence-electron chi connectivity index (χ4n) is 2.87. The molecule has 136 valence electrons. The van der Waals surface area contributed by atoms with Crippen LogP contribution in [0.2, 0.25) is 5.02 Å². The number of nitrogens with one attached hydrogen (secondary N) is 1. The highest BCUT2D eigenvalue weighted by atomic mass is 35.5. The third-order valence-corrected chi connectivity index (χ3v) is 4.43. The minimum absolute atomic E-state index is 0.229. The first kappa shape index (κ1) is 18.3. The summed E-state index contributed by atoms with van der Waals surface area (Å²) in [6, 6.07) is 13.0. The van der Waals surface area contributed by atoms with Crippen molar-refractivity contribution in [1.29, 1.82) is 0 Å². The van der Waals surface area contributed by atoms with Crippen molar-refractivity contribution in [1.82, 2.24) is 0 Å². The lowest BCUT2D eigenvalue weighted by Gasteiger charge is -2.31. The Labute approximate surface area is 158 Å².